The Morgan fingerprint density at radius 3 is 2.17 bits per heavy atom. The van der Waals surface area contributed by atoms with Crippen molar-refractivity contribution in [2.45, 2.75) is 6.92 Å². The third-order valence-corrected chi connectivity index (χ3v) is 7.38. The monoisotopic (exact) mass is 436 g/mol. The van der Waals surface area contributed by atoms with Crippen LogP contribution in [0.25, 0.3) is 0 Å². The molecule has 0 saturated carbocycles. The lowest BCUT2D eigenvalue weighted by atomic mass is 10.2. The average Bonchev–Trinajstić information content (AvgIpc) is 3.25. The maximum absolute atomic E-state index is 12.3. The zero-order valence-electron chi connectivity index (χ0n) is 16.1. The summed E-state index contributed by atoms with van der Waals surface area (Å²) in [6.07, 6.45) is 0. The standard InChI is InChI=1S/C19H24N4O4S2/c1-2-29(26,27)23-11-9-22(10-12-23)14-18(24)20-15-5-7-16(8-6-15)21-19(25)17-4-3-13-28-17/h3-8,13H,2,9-12,14H2,1H3,(H,20,24)(H,21,25). The van der Waals surface area contributed by atoms with Crippen molar-refractivity contribution in [2.24, 2.45) is 0 Å². The summed E-state index contributed by atoms with van der Waals surface area (Å²) in [7, 11) is -3.17. The number of hydrogen-bond acceptors (Lipinski definition) is 6. The number of carbonyl (C=O) groups is 2. The van der Waals surface area contributed by atoms with Gasteiger partial charge in [0.25, 0.3) is 5.91 Å². The third-order valence-electron chi connectivity index (χ3n) is 4.63. The zero-order chi connectivity index (χ0) is 20.9. The molecular formula is C19H24N4O4S2. The van der Waals surface area contributed by atoms with Gasteiger partial charge in [0, 0.05) is 37.6 Å². The van der Waals surface area contributed by atoms with Crippen LogP contribution in [0.5, 0.6) is 0 Å². The van der Waals surface area contributed by atoms with Crippen molar-refractivity contribution in [2.75, 3.05) is 49.1 Å². The van der Waals surface area contributed by atoms with E-state index in [-0.39, 0.29) is 24.1 Å². The Bertz CT molecular complexity index is 935. The number of piperazine rings is 1. The summed E-state index contributed by atoms with van der Waals surface area (Å²) in [5, 5.41) is 7.48. The molecule has 3 rings (SSSR count). The SMILES string of the molecule is CCS(=O)(=O)N1CCN(CC(=O)Nc2ccc(NC(=O)c3cccs3)cc2)CC1. The molecule has 0 bridgehead atoms. The Hall–Kier alpha value is -2.27. The average molecular weight is 437 g/mol. The second-order valence-corrected chi connectivity index (χ2v) is 9.84. The smallest absolute Gasteiger partial charge is 0.265 e. The summed E-state index contributed by atoms with van der Waals surface area (Å²) in [4.78, 5) is 26.9. The van der Waals surface area contributed by atoms with Crippen LogP contribution >= 0.6 is 11.3 Å². The molecule has 1 saturated heterocycles. The number of nitrogens with one attached hydrogen (secondary N) is 2. The highest BCUT2D eigenvalue weighted by molar-refractivity contribution is 7.89. The number of sulfonamides is 1. The van der Waals surface area contributed by atoms with Crippen molar-refractivity contribution >= 4 is 44.5 Å². The first-order valence-electron chi connectivity index (χ1n) is 9.32. The molecule has 1 aliphatic heterocycles. The van der Waals surface area contributed by atoms with E-state index in [1.54, 1.807) is 37.3 Å². The molecule has 0 radical (unpaired) electrons. The molecule has 1 aliphatic rings. The van der Waals surface area contributed by atoms with E-state index in [0.29, 0.717) is 42.4 Å². The van der Waals surface area contributed by atoms with Gasteiger partial charge in [0.05, 0.1) is 17.2 Å². The lowest BCUT2D eigenvalue weighted by molar-refractivity contribution is -0.117. The minimum Gasteiger partial charge on any atom is -0.325 e. The lowest BCUT2D eigenvalue weighted by Crippen LogP contribution is -2.50. The molecule has 0 aliphatic carbocycles. The molecule has 1 aromatic heterocycles. The Kier molecular flexibility index (Phi) is 7.01. The van der Waals surface area contributed by atoms with E-state index in [9.17, 15) is 18.0 Å². The Morgan fingerprint density at radius 2 is 1.62 bits per heavy atom. The van der Waals surface area contributed by atoms with Gasteiger partial charge in [-0.05, 0) is 42.6 Å². The summed E-state index contributed by atoms with van der Waals surface area (Å²) in [5.41, 5.74) is 1.28. The molecule has 2 amide bonds. The third kappa shape index (κ3) is 5.86. The zero-order valence-corrected chi connectivity index (χ0v) is 17.8. The van der Waals surface area contributed by atoms with Crippen LogP contribution in [0.3, 0.4) is 0 Å². The van der Waals surface area contributed by atoms with E-state index >= 15 is 0 Å². The summed E-state index contributed by atoms with van der Waals surface area (Å²) >= 11 is 1.37. The van der Waals surface area contributed by atoms with Crippen molar-refractivity contribution in [3.05, 3.63) is 46.7 Å². The van der Waals surface area contributed by atoms with Crippen molar-refractivity contribution in [3.8, 4) is 0 Å². The summed E-state index contributed by atoms with van der Waals surface area (Å²) in [5.74, 6) is -0.231. The van der Waals surface area contributed by atoms with Gasteiger partial charge in [0.15, 0.2) is 0 Å². The Morgan fingerprint density at radius 1 is 1.00 bits per heavy atom. The number of thiophene rings is 1. The molecule has 0 spiro atoms. The largest absolute Gasteiger partial charge is 0.325 e. The summed E-state index contributed by atoms with van der Waals surface area (Å²) in [6.45, 7) is 3.70. The van der Waals surface area contributed by atoms with Crippen LogP contribution in [0.4, 0.5) is 11.4 Å². The maximum Gasteiger partial charge on any atom is 0.265 e. The van der Waals surface area contributed by atoms with Gasteiger partial charge in [0.2, 0.25) is 15.9 Å². The van der Waals surface area contributed by atoms with Gasteiger partial charge in [-0.15, -0.1) is 11.3 Å². The van der Waals surface area contributed by atoms with Crippen molar-refractivity contribution in [3.63, 3.8) is 0 Å². The molecule has 29 heavy (non-hydrogen) atoms. The van der Waals surface area contributed by atoms with E-state index in [1.807, 2.05) is 16.3 Å². The van der Waals surface area contributed by atoms with Crippen LogP contribution in [-0.4, -0.2) is 67.9 Å². The van der Waals surface area contributed by atoms with Gasteiger partial charge in [-0.2, -0.15) is 4.31 Å². The molecule has 2 aromatic rings. The van der Waals surface area contributed by atoms with Crippen LogP contribution in [0.1, 0.15) is 16.6 Å². The normalized spacial score (nSPS) is 15.8. The topological polar surface area (TPSA) is 98.8 Å². The van der Waals surface area contributed by atoms with Gasteiger partial charge in [-0.1, -0.05) is 6.07 Å². The molecule has 8 nitrogen and oxygen atoms in total. The minimum absolute atomic E-state index is 0.0945. The van der Waals surface area contributed by atoms with Gasteiger partial charge in [-0.3, -0.25) is 14.5 Å². The lowest BCUT2D eigenvalue weighted by Gasteiger charge is -2.33. The van der Waals surface area contributed by atoms with Gasteiger partial charge >= 0.3 is 0 Å². The van der Waals surface area contributed by atoms with Gasteiger partial charge in [-0.25, -0.2) is 8.42 Å². The highest BCUT2D eigenvalue weighted by atomic mass is 32.2. The second kappa shape index (κ2) is 9.49. The summed E-state index contributed by atoms with van der Waals surface area (Å²) in [6, 6.07) is 10.5. The number of rotatable bonds is 7. The maximum atomic E-state index is 12.3. The molecule has 2 N–H and O–H groups in total. The molecule has 156 valence electrons. The Labute approximate surface area is 174 Å². The number of benzene rings is 1. The molecule has 1 aromatic carbocycles. The van der Waals surface area contributed by atoms with Crippen LogP contribution in [-0.2, 0) is 14.8 Å². The minimum atomic E-state index is -3.17. The van der Waals surface area contributed by atoms with E-state index in [0.717, 1.165) is 0 Å². The number of amides is 2. The van der Waals surface area contributed by atoms with Gasteiger partial charge in [0.1, 0.15) is 0 Å². The number of nitrogens with zero attached hydrogens (tertiary/aromatic N) is 2. The van der Waals surface area contributed by atoms with Gasteiger partial charge < -0.3 is 10.6 Å². The molecule has 1 fully saturated rings. The first kappa shape index (κ1) is 21.4. The predicted molar refractivity (Wildman–Crippen MR) is 115 cm³/mol. The number of hydrogen-bond donors (Lipinski definition) is 2. The highest BCUT2D eigenvalue weighted by Crippen LogP contribution is 2.16. The van der Waals surface area contributed by atoms with E-state index < -0.39 is 10.0 Å². The number of anilines is 2. The second-order valence-electron chi connectivity index (χ2n) is 6.63. The first-order chi connectivity index (χ1) is 13.9. The fourth-order valence-corrected chi connectivity index (χ4v) is 4.69. The fourth-order valence-electron chi connectivity index (χ4n) is 2.99. The van der Waals surface area contributed by atoms with Crippen molar-refractivity contribution in [1.29, 1.82) is 0 Å². The predicted octanol–water partition coefficient (Wildman–Crippen LogP) is 1.91. The molecular weight excluding hydrogens is 412 g/mol. The van der Waals surface area contributed by atoms with Crippen LogP contribution in [0, 0.1) is 0 Å². The van der Waals surface area contributed by atoms with Crippen molar-refractivity contribution < 1.29 is 18.0 Å². The van der Waals surface area contributed by atoms with Crippen LogP contribution < -0.4 is 10.6 Å². The Balaban J connectivity index is 1.46. The van der Waals surface area contributed by atoms with E-state index in [2.05, 4.69) is 10.6 Å². The van der Waals surface area contributed by atoms with E-state index in [1.165, 1.54) is 15.6 Å². The first-order valence-corrected chi connectivity index (χ1v) is 11.8. The van der Waals surface area contributed by atoms with Crippen LogP contribution in [0.2, 0.25) is 0 Å². The summed E-state index contributed by atoms with van der Waals surface area (Å²) < 4.78 is 25.3. The van der Waals surface area contributed by atoms with Crippen molar-refractivity contribution in [1.82, 2.24) is 9.21 Å². The molecule has 2 heterocycles. The van der Waals surface area contributed by atoms with Crippen LogP contribution in [0.15, 0.2) is 41.8 Å². The fraction of sp³-hybridized carbons (Fsp3) is 0.368. The number of carbonyl (C=O) groups excluding carboxylic acids is 2. The molecule has 0 atom stereocenters. The molecule has 10 heteroatoms. The highest BCUT2D eigenvalue weighted by Gasteiger charge is 2.26. The molecule has 0 unspecified atom stereocenters. The quantitative estimate of drug-likeness (QED) is 0.691. The van der Waals surface area contributed by atoms with E-state index in [4.69, 9.17) is 0 Å².